The zero-order valence-electron chi connectivity index (χ0n) is 5.04. The normalized spacial score (nSPS) is 11.8. The minimum Gasteiger partial charge on any atom is -0.360 e. The van der Waals surface area contributed by atoms with Gasteiger partial charge in [-0.05, 0) is 6.92 Å². The first kappa shape index (κ1) is 7.20. The highest BCUT2D eigenvalue weighted by atomic mass is 32.3. The Kier molecular flexibility index (Phi) is 1.47. The predicted molar refractivity (Wildman–Crippen MR) is 29.5 cm³/mol. The lowest BCUT2D eigenvalue weighted by Gasteiger charge is -1.78. The van der Waals surface area contributed by atoms with Crippen LogP contribution >= 0.6 is 0 Å². The third-order valence-electron chi connectivity index (χ3n) is 0.856. The zero-order chi connectivity index (χ0) is 7.78. The van der Waals surface area contributed by atoms with E-state index in [9.17, 15) is 12.3 Å². The Bertz CT molecular complexity index is 328. The Morgan fingerprint density at radius 2 is 2.30 bits per heavy atom. The van der Waals surface area contributed by atoms with E-state index in [0.29, 0.717) is 0 Å². The van der Waals surface area contributed by atoms with Crippen LogP contribution < -0.4 is 0 Å². The molecule has 0 aliphatic heterocycles. The first-order valence-corrected chi connectivity index (χ1v) is 3.76. The van der Waals surface area contributed by atoms with E-state index in [1.165, 1.54) is 6.92 Å². The summed E-state index contributed by atoms with van der Waals surface area (Å²) in [5, 5.41) is 2.27. The van der Waals surface area contributed by atoms with Gasteiger partial charge in [-0.2, -0.15) is 8.42 Å². The molecular weight excluding hydrogens is 161 g/mol. The summed E-state index contributed by atoms with van der Waals surface area (Å²) >= 11 is 0. The summed E-state index contributed by atoms with van der Waals surface area (Å²) in [4.78, 5) is 0. The van der Waals surface area contributed by atoms with Gasteiger partial charge in [0, 0.05) is 6.07 Å². The van der Waals surface area contributed by atoms with Gasteiger partial charge in [0.25, 0.3) is 0 Å². The third-order valence-corrected chi connectivity index (χ3v) is 1.55. The summed E-state index contributed by atoms with van der Waals surface area (Å²) in [5.74, 6) is 0.260. The average molecular weight is 165 g/mol. The van der Waals surface area contributed by atoms with Gasteiger partial charge in [-0.3, -0.25) is 0 Å². The SMILES string of the molecule is Cc1cc(S(=O)(=O)F)no1. The molecule has 0 aromatic carbocycles. The van der Waals surface area contributed by atoms with E-state index < -0.39 is 15.2 Å². The van der Waals surface area contributed by atoms with Crippen LogP contribution in [0.1, 0.15) is 5.76 Å². The second kappa shape index (κ2) is 2.05. The Morgan fingerprint density at radius 3 is 2.50 bits per heavy atom. The van der Waals surface area contributed by atoms with Gasteiger partial charge in [-0.15, -0.1) is 0 Å². The number of halogens is 1. The maximum absolute atomic E-state index is 12.0. The molecule has 0 bridgehead atoms. The molecule has 1 rings (SSSR count). The molecule has 0 amide bonds. The van der Waals surface area contributed by atoms with Crippen LogP contribution in [0.25, 0.3) is 0 Å². The lowest BCUT2D eigenvalue weighted by Crippen LogP contribution is -1.90. The predicted octanol–water partition coefficient (Wildman–Crippen LogP) is 0.641. The Balaban J connectivity index is 3.21. The highest BCUT2D eigenvalue weighted by Crippen LogP contribution is 2.10. The van der Waals surface area contributed by atoms with Crippen molar-refractivity contribution in [3.8, 4) is 0 Å². The monoisotopic (exact) mass is 165 g/mol. The molecule has 0 unspecified atom stereocenters. The molecule has 0 N–H and O–H groups in total. The van der Waals surface area contributed by atoms with E-state index in [2.05, 4.69) is 9.68 Å². The molecule has 0 atom stereocenters. The summed E-state index contributed by atoms with van der Waals surface area (Å²) < 4.78 is 36.4. The minimum atomic E-state index is -4.69. The van der Waals surface area contributed by atoms with E-state index in [0.717, 1.165) is 6.07 Å². The summed E-state index contributed by atoms with van der Waals surface area (Å²) in [6.45, 7) is 1.47. The van der Waals surface area contributed by atoms with Crippen LogP contribution in [0.15, 0.2) is 15.6 Å². The molecule has 6 heteroatoms. The summed E-state index contributed by atoms with van der Waals surface area (Å²) in [7, 11) is -4.69. The van der Waals surface area contributed by atoms with Crippen molar-refractivity contribution in [1.82, 2.24) is 5.16 Å². The maximum Gasteiger partial charge on any atom is 0.353 e. The average Bonchev–Trinajstić information content (AvgIpc) is 2.11. The van der Waals surface area contributed by atoms with Crippen LogP contribution in [-0.4, -0.2) is 13.6 Å². The van der Waals surface area contributed by atoms with E-state index in [1.807, 2.05) is 0 Å². The van der Waals surface area contributed by atoms with E-state index >= 15 is 0 Å². The molecule has 0 saturated heterocycles. The number of rotatable bonds is 1. The Labute approximate surface area is 56.8 Å². The quantitative estimate of drug-likeness (QED) is 0.573. The standard InChI is InChI=1S/C4H4FNO3S/c1-3-2-4(6-9-3)10(5,7)8/h2H,1H3. The lowest BCUT2D eigenvalue weighted by molar-refractivity contribution is 0.379. The van der Waals surface area contributed by atoms with Crippen LogP contribution in [0.2, 0.25) is 0 Å². The highest BCUT2D eigenvalue weighted by molar-refractivity contribution is 7.86. The molecular formula is C4H4FNO3S. The van der Waals surface area contributed by atoms with Gasteiger partial charge in [-0.1, -0.05) is 9.04 Å². The molecule has 0 aliphatic carbocycles. The van der Waals surface area contributed by atoms with Gasteiger partial charge in [0.1, 0.15) is 5.76 Å². The van der Waals surface area contributed by atoms with E-state index in [-0.39, 0.29) is 5.76 Å². The first-order valence-electron chi connectivity index (χ1n) is 2.38. The second-order valence-electron chi connectivity index (χ2n) is 1.71. The van der Waals surface area contributed by atoms with Crippen LogP contribution in [0.3, 0.4) is 0 Å². The van der Waals surface area contributed by atoms with Gasteiger partial charge in [-0.25, -0.2) is 0 Å². The van der Waals surface area contributed by atoms with Crippen molar-refractivity contribution in [2.45, 2.75) is 11.9 Å². The zero-order valence-corrected chi connectivity index (χ0v) is 5.85. The fraction of sp³-hybridized carbons (Fsp3) is 0.250. The number of hydrogen-bond acceptors (Lipinski definition) is 4. The van der Waals surface area contributed by atoms with Crippen LogP contribution in [0.4, 0.5) is 3.89 Å². The van der Waals surface area contributed by atoms with Crippen molar-refractivity contribution in [1.29, 1.82) is 0 Å². The minimum absolute atomic E-state index is 0.260. The number of aryl methyl sites for hydroxylation is 1. The molecule has 1 heterocycles. The summed E-state index contributed by atoms with van der Waals surface area (Å²) in [5.41, 5.74) is 0. The number of aromatic nitrogens is 1. The molecule has 0 saturated carbocycles. The highest BCUT2D eigenvalue weighted by Gasteiger charge is 2.16. The van der Waals surface area contributed by atoms with Crippen molar-refractivity contribution in [3.63, 3.8) is 0 Å². The molecule has 0 aliphatic rings. The largest absolute Gasteiger partial charge is 0.360 e. The Morgan fingerprint density at radius 1 is 1.70 bits per heavy atom. The number of hydrogen-bond donors (Lipinski definition) is 0. The number of nitrogens with zero attached hydrogens (tertiary/aromatic N) is 1. The summed E-state index contributed by atoms with van der Waals surface area (Å²) in [6, 6.07) is 1.01. The van der Waals surface area contributed by atoms with Crippen molar-refractivity contribution >= 4 is 10.2 Å². The van der Waals surface area contributed by atoms with Gasteiger partial charge >= 0.3 is 10.2 Å². The van der Waals surface area contributed by atoms with Crippen molar-refractivity contribution in [2.75, 3.05) is 0 Å². The van der Waals surface area contributed by atoms with Crippen molar-refractivity contribution < 1.29 is 16.8 Å². The second-order valence-corrected chi connectivity index (χ2v) is 3.01. The van der Waals surface area contributed by atoms with Crippen LogP contribution in [0, 0.1) is 6.92 Å². The molecule has 0 radical (unpaired) electrons. The summed E-state index contributed by atoms with van der Waals surface area (Å²) in [6.07, 6.45) is 0. The first-order chi connectivity index (χ1) is 4.50. The maximum atomic E-state index is 12.0. The van der Waals surface area contributed by atoms with Gasteiger partial charge in [0.2, 0.25) is 5.03 Å². The molecule has 56 valence electrons. The van der Waals surface area contributed by atoms with Gasteiger partial charge in [0.05, 0.1) is 0 Å². The topological polar surface area (TPSA) is 60.2 Å². The molecule has 1 aromatic rings. The molecule has 10 heavy (non-hydrogen) atoms. The van der Waals surface area contributed by atoms with Gasteiger partial charge in [0.15, 0.2) is 0 Å². The van der Waals surface area contributed by atoms with Crippen LogP contribution in [-0.2, 0) is 10.2 Å². The van der Waals surface area contributed by atoms with Crippen molar-refractivity contribution in [2.24, 2.45) is 0 Å². The Hall–Kier alpha value is -0.910. The van der Waals surface area contributed by atoms with E-state index in [1.54, 1.807) is 0 Å². The third kappa shape index (κ3) is 1.32. The van der Waals surface area contributed by atoms with Gasteiger partial charge < -0.3 is 4.52 Å². The van der Waals surface area contributed by atoms with Crippen molar-refractivity contribution in [3.05, 3.63) is 11.8 Å². The molecule has 4 nitrogen and oxygen atoms in total. The van der Waals surface area contributed by atoms with Crippen LogP contribution in [0.5, 0.6) is 0 Å². The lowest BCUT2D eigenvalue weighted by atomic mass is 10.5. The fourth-order valence-electron chi connectivity index (χ4n) is 0.458. The molecule has 0 spiro atoms. The smallest absolute Gasteiger partial charge is 0.353 e. The van der Waals surface area contributed by atoms with E-state index in [4.69, 9.17) is 0 Å². The molecule has 0 fully saturated rings. The molecule has 1 aromatic heterocycles. The fourth-order valence-corrected chi connectivity index (χ4v) is 0.891.